The van der Waals surface area contributed by atoms with Crippen molar-refractivity contribution in [3.05, 3.63) is 28.3 Å². The molecule has 0 saturated heterocycles. The van der Waals surface area contributed by atoms with Crippen LogP contribution in [0.5, 0.6) is 5.75 Å². The van der Waals surface area contributed by atoms with Gasteiger partial charge < -0.3 is 16.2 Å². The average Bonchev–Trinajstić information content (AvgIpc) is 2.29. The fourth-order valence-electron chi connectivity index (χ4n) is 1.40. The molecular weight excluding hydrogens is 250 g/mol. The van der Waals surface area contributed by atoms with E-state index in [9.17, 15) is 20.0 Å². The summed E-state index contributed by atoms with van der Waals surface area (Å²) in [7, 11) is 0. The molecular formula is C12H17N3O4. The van der Waals surface area contributed by atoms with Crippen LogP contribution in [0.4, 0.5) is 11.4 Å². The van der Waals surface area contributed by atoms with Gasteiger partial charge in [-0.1, -0.05) is 26.8 Å². The summed E-state index contributed by atoms with van der Waals surface area (Å²) in [6.07, 6.45) is 0. The molecule has 1 aromatic carbocycles. The summed E-state index contributed by atoms with van der Waals surface area (Å²) in [5, 5.41) is 22.8. The summed E-state index contributed by atoms with van der Waals surface area (Å²) in [5.41, 5.74) is 4.64. The number of nitro benzene ring substituents is 1. The number of nitro groups is 1. The zero-order chi connectivity index (χ0) is 14.8. The largest absolute Gasteiger partial charge is 0.505 e. The summed E-state index contributed by atoms with van der Waals surface area (Å²) >= 11 is 0. The van der Waals surface area contributed by atoms with E-state index < -0.39 is 22.3 Å². The number of para-hydroxylation sites is 1. The maximum absolute atomic E-state index is 11.9. The Labute approximate surface area is 110 Å². The number of rotatable bonds is 3. The molecule has 0 aliphatic carbocycles. The van der Waals surface area contributed by atoms with E-state index in [0.717, 1.165) is 0 Å². The quantitative estimate of drug-likeness (QED) is 0.436. The highest BCUT2D eigenvalue weighted by molar-refractivity contribution is 5.98. The van der Waals surface area contributed by atoms with Crippen molar-refractivity contribution in [2.45, 2.75) is 26.8 Å². The summed E-state index contributed by atoms with van der Waals surface area (Å²) in [4.78, 5) is 22.1. The molecule has 4 N–H and O–H groups in total. The first-order valence-corrected chi connectivity index (χ1v) is 5.67. The van der Waals surface area contributed by atoms with Gasteiger partial charge in [0, 0.05) is 6.07 Å². The van der Waals surface area contributed by atoms with Crippen LogP contribution in [0.2, 0.25) is 0 Å². The van der Waals surface area contributed by atoms with Crippen LogP contribution in [0.15, 0.2) is 18.2 Å². The average molecular weight is 267 g/mol. The van der Waals surface area contributed by atoms with Gasteiger partial charge in [-0.2, -0.15) is 0 Å². The maximum Gasteiger partial charge on any atom is 0.296 e. The van der Waals surface area contributed by atoms with E-state index in [0.29, 0.717) is 0 Å². The van der Waals surface area contributed by atoms with E-state index in [1.54, 1.807) is 20.8 Å². The Bertz CT molecular complexity index is 508. The molecule has 19 heavy (non-hydrogen) atoms. The number of hydrogen-bond acceptors (Lipinski definition) is 5. The molecule has 0 aromatic heterocycles. The predicted octanol–water partition coefficient (Wildman–Crippen LogP) is 1.61. The number of benzene rings is 1. The number of aromatic hydroxyl groups is 1. The van der Waals surface area contributed by atoms with Gasteiger partial charge in [0.2, 0.25) is 5.91 Å². The van der Waals surface area contributed by atoms with Crippen LogP contribution in [0.25, 0.3) is 0 Å². The van der Waals surface area contributed by atoms with Crippen molar-refractivity contribution >= 4 is 17.3 Å². The minimum atomic E-state index is -0.855. The molecule has 7 nitrogen and oxygen atoms in total. The van der Waals surface area contributed by atoms with Crippen LogP contribution in [-0.2, 0) is 4.79 Å². The third kappa shape index (κ3) is 3.41. The van der Waals surface area contributed by atoms with Crippen LogP contribution >= 0.6 is 0 Å². The lowest BCUT2D eigenvalue weighted by Crippen LogP contribution is -2.45. The molecule has 0 aliphatic rings. The second-order valence-corrected chi connectivity index (χ2v) is 5.26. The Hall–Kier alpha value is -2.15. The number of carbonyl (C=O) groups excluding carboxylic acids is 1. The van der Waals surface area contributed by atoms with E-state index >= 15 is 0 Å². The molecule has 0 saturated carbocycles. The van der Waals surface area contributed by atoms with E-state index in [2.05, 4.69) is 5.32 Å². The lowest BCUT2D eigenvalue weighted by molar-refractivity contribution is -0.384. The van der Waals surface area contributed by atoms with Gasteiger partial charge in [-0.05, 0) is 11.5 Å². The van der Waals surface area contributed by atoms with Gasteiger partial charge in [-0.25, -0.2) is 0 Å². The summed E-state index contributed by atoms with van der Waals surface area (Å²) in [6.45, 7) is 5.32. The number of nitrogens with one attached hydrogen (secondary N) is 1. The van der Waals surface area contributed by atoms with Gasteiger partial charge in [0.05, 0.1) is 11.0 Å². The molecule has 7 heteroatoms. The lowest BCUT2D eigenvalue weighted by Gasteiger charge is -2.25. The van der Waals surface area contributed by atoms with Crippen molar-refractivity contribution in [2.24, 2.45) is 11.1 Å². The SMILES string of the molecule is CC(C)(C)[C@@H](N)C(=O)Nc1c(O)cccc1[N+](=O)[O-]. The van der Waals surface area contributed by atoms with Gasteiger partial charge in [-0.15, -0.1) is 0 Å². The second kappa shape index (κ2) is 5.23. The number of phenolic OH excluding ortho intramolecular Hbond substituents is 1. The number of nitrogens with two attached hydrogens (primary N) is 1. The zero-order valence-corrected chi connectivity index (χ0v) is 11.0. The third-order valence-corrected chi connectivity index (χ3v) is 2.68. The van der Waals surface area contributed by atoms with Crippen molar-refractivity contribution in [1.29, 1.82) is 0 Å². The molecule has 0 fully saturated rings. The van der Waals surface area contributed by atoms with Gasteiger partial charge in [0.1, 0.15) is 5.75 Å². The van der Waals surface area contributed by atoms with Crippen LogP contribution < -0.4 is 11.1 Å². The predicted molar refractivity (Wildman–Crippen MR) is 70.8 cm³/mol. The molecule has 1 rings (SSSR count). The molecule has 104 valence electrons. The van der Waals surface area contributed by atoms with Gasteiger partial charge >= 0.3 is 0 Å². The van der Waals surface area contributed by atoms with Crippen molar-refractivity contribution in [3.8, 4) is 5.75 Å². The molecule has 0 radical (unpaired) electrons. The molecule has 1 amide bonds. The van der Waals surface area contributed by atoms with E-state index in [1.165, 1.54) is 18.2 Å². The molecule has 0 spiro atoms. The third-order valence-electron chi connectivity index (χ3n) is 2.68. The molecule has 1 aromatic rings. The highest BCUT2D eigenvalue weighted by Crippen LogP contribution is 2.33. The fourth-order valence-corrected chi connectivity index (χ4v) is 1.40. The second-order valence-electron chi connectivity index (χ2n) is 5.26. The minimum absolute atomic E-state index is 0.239. The number of nitrogens with zero attached hydrogens (tertiary/aromatic N) is 1. The van der Waals surface area contributed by atoms with Crippen molar-refractivity contribution in [1.82, 2.24) is 0 Å². The Morgan fingerprint density at radius 3 is 2.53 bits per heavy atom. The van der Waals surface area contributed by atoms with E-state index in [-0.39, 0.29) is 17.1 Å². The number of anilines is 1. The lowest BCUT2D eigenvalue weighted by atomic mass is 9.87. The van der Waals surface area contributed by atoms with Crippen LogP contribution in [0.3, 0.4) is 0 Å². The molecule has 0 heterocycles. The van der Waals surface area contributed by atoms with Crippen LogP contribution in [0, 0.1) is 15.5 Å². The number of hydrogen-bond donors (Lipinski definition) is 3. The maximum atomic E-state index is 11.9. The van der Waals surface area contributed by atoms with E-state index in [4.69, 9.17) is 5.73 Å². The van der Waals surface area contributed by atoms with E-state index in [1.807, 2.05) is 0 Å². The Morgan fingerprint density at radius 1 is 1.47 bits per heavy atom. The van der Waals surface area contributed by atoms with Gasteiger partial charge in [-0.3, -0.25) is 14.9 Å². The number of carbonyl (C=O) groups is 1. The van der Waals surface area contributed by atoms with Crippen LogP contribution in [0.1, 0.15) is 20.8 Å². The standard InChI is InChI=1S/C12H17N3O4/c1-12(2,3)10(13)11(17)14-9-7(15(18)19)5-4-6-8(9)16/h4-6,10,16H,13H2,1-3H3,(H,14,17)/t10-/m0/s1. The smallest absolute Gasteiger partial charge is 0.296 e. The van der Waals surface area contributed by atoms with Gasteiger partial charge in [0.25, 0.3) is 5.69 Å². The molecule has 0 bridgehead atoms. The Morgan fingerprint density at radius 2 is 2.05 bits per heavy atom. The molecule has 0 unspecified atom stereocenters. The first-order valence-electron chi connectivity index (χ1n) is 5.67. The van der Waals surface area contributed by atoms with Crippen molar-refractivity contribution < 1.29 is 14.8 Å². The summed E-state index contributed by atoms with van der Waals surface area (Å²) < 4.78 is 0. The number of phenols is 1. The summed E-state index contributed by atoms with van der Waals surface area (Å²) in [6, 6.07) is 2.92. The highest BCUT2D eigenvalue weighted by Gasteiger charge is 2.29. The minimum Gasteiger partial charge on any atom is -0.505 e. The molecule has 1 atom stereocenters. The Kier molecular flexibility index (Phi) is 4.10. The van der Waals surface area contributed by atoms with Gasteiger partial charge in [0.15, 0.2) is 5.69 Å². The first kappa shape index (κ1) is 14.9. The monoisotopic (exact) mass is 267 g/mol. The Balaban J connectivity index is 3.07. The van der Waals surface area contributed by atoms with Crippen LogP contribution in [-0.4, -0.2) is 22.0 Å². The van der Waals surface area contributed by atoms with Crippen molar-refractivity contribution in [2.75, 3.05) is 5.32 Å². The topological polar surface area (TPSA) is 118 Å². The first-order chi connectivity index (χ1) is 8.64. The highest BCUT2D eigenvalue weighted by atomic mass is 16.6. The normalized spacial score (nSPS) is 12.8. The fraction of sp³-hybridized carbons (Fsp3) is 0.417. The zero-order valence-electron chi connectivity index (χ0n) is 11.0. The number of amides is 1. The van der Waals surface area contributed by atoms with Crippen molar-refractivity contribution in [3.63, 3.8) is 0 Å². The molecule has 0 aliphatic heterocycles. The summed E-state index contributed by atoms with van der Waals surface area (Å²) in [5.74, 6) is -0.958.